The van der Waals surface area contributed by atoms with Crippen LogP contribution >= 0.6 is 15.9 Å². The van der Waals surface area contributed by atoms with Gasteiger partial charge >= 0.3 is 5.97 Å². The Kier molecular flexibility index (Phi) is 4.39. The SMILES string of the molecule is C#CCC(C)Nc1ccc(Br)cc1C(=O)O. The molecular formula is C12H12BrNO2. The Balaban J connectivity index is 2.96. The lowest BCUT2D eigenvalue weighted by molar-refractivity contribution is 0.0698. The molecule has 2 N–H and O–H groups in total. The summed E-state index contributed by atoms with van der Waals surface area (Å²) < 4.78 is 0.736. The predicted molar refractivity (Wildman–Crippen MR) is 67.6 cm³/mol. The van der Waals surface area contributed by atoms with Crippen LogP contribution in [0, 0.1) is 12.3 Å². The molecule has 1 aromatic carbocycles. The lowest BCUT2D eigenvalue weighted by atomic mass is 10.1. The van der Waals surface area contributed by atoms with Crippen molar-refractivity contribution in [1.82, 2.24) is 0 Å². The highest BCUT2D eigenvalue weighted by Crippen LogP contribution is 2.22. The summed E-state index contributed by atoms with van der Waals surface area (Å²) in [6, 6.07) is 5.12. The Labute approximate surface area is 103 Å². The molecule has 0 spiro atoms. The number of hydrogen-bond acceptors (Lipinski definition) is 2. The van der Waals surface area contributed by atoms with Crippen molar-refractivity contribution in [3.63, 3.8) is 0 Å². The second kappa shape index (κ2) is 5.57. The number of benzene rings is 1. The topological polar surface area (TPSA) is 49.3 Å². The molecule has 16 heavy (non-hydrogen) atoms. The highest BCUT2D eigenvalue weighted by molar-refractivity contribution is 9.10. The Morgan fingerprint density at radius 1 is 1.69 bits per heavy atom. The van der Waals surface area contributed by atoms with Crippen LogP contribution in [0.25, 0.3) is 0 Å². The van der Waals surface area contributed by atoms with Gasteiger partial charge in [-0.05, 0) is 25.1 Å². The van der Waals surface area contributed by atoms with Gasteiger partial charge in [0.05, 0.1) is 5.56 Å². The average Bonchev–Trinajstić information content (AvgIpc) is 2.20. The lowest BCUT2D eigenvalue weighted by Crippen LogP contribution is -2.16. The predicted octanol–water partition coefficient (Wildman–Crippen LogP) is 2.97. The zero-order chi connectivity index (χ0) is 12.1. The van der Waals surface area contributed by atoms with Crippen LogP contribution in [-0.4, -0.2) is 17.1 Å². The van der Waals surface area contributed by atoms with Gasteiger partial charge in [-0.2, -0.15) is 0 Å². The molecular weight excluding hydrogens is 270 g/mol. The summed E-state index contributed by atoms with van der Waals surface area (Å²) in [5.41, 5.74) is 0.816. The van der Waals surface area contributed by atoms with Crippen molar-refractivity contribution in [2.45, 2.75) is 19.4 Å². The summed E-state index contributed by atoms with van der Waals surface area (Å²) in [5.74, 6) is 1.57. The normalized spacial score (nSPS) is 11.6. The van der Waals surface area contributed by atoms with Gasteiger partial charge in [-0.15, -0.1) is 12.3 Å². The van der Waals surface area contributed by atoms with Crippen LogP contribution in [0.1, 0.15) is 23.7 Å². The molecule has 1 rings (SSSR count). The summed E-state index contributed by atoms with van der Waals surface area (Å²) in [6.45, 7) is 1.91. The van der Waals surface area contributed by atoms with Crippen molar-refractivity contribution in [2.75, 3.05) is 5.32 Å². The van der Waals surface area contributed by atoms with Crippen LogP contribution < -0.4 is 5.32 Å². The van der Waals surface area contributed by atoms with Gasteiger partial charge in [-0.25, -0.2) is 4.79 Å². The highest BCUT2D eigenvalue weighted by atomic mass is 79.9. The molecule has 0 fully saturated rings. The van der Waals surface area contributed by atoms with Crippen LogP contribution in [0.3, 0.4) is 0 Å². The Bertz CT molecular complexity index is 437. The van der Waals surface area contributed by atoms with Gasteiger partial charge in [0.1, 0.15) is 0 Å². The second-order valence-corrected chi connectivity index (χ2v) is 4.36. The minimum absolute atomic E-state index is 0.0456. The summed E-state index contributed by atoms with van der Waals surface area (Å²) in [6.07, 6.45) is 5.74. The molecule has 84 valence electrons. The Morgan fingerprint density at radius 2 is 2.38 bits per heavy atom. The number of carbonyl (C=O) groups is 1. The van der Waals surface area contributed by atoms with Crippen LogP contribution in [0.4, 0.5) is 5.69 Å². The smallest absolute Gasteiger partial charge is 0.337 e. The van der Waals surface area contributed by atoms with Gasteiger partial charge in [0, 0.05) is 22.6 Å². The van der Waals surface area contributed by atoms with Gasteiger partial charge in [0.2, 0.25) is 0 Å². The summed E-state index contributed by atoms with van der Waals surface area (Å²) >= 11 is 3.24. The van der Waals surface area contributed by atoms with Crippen molar-refractivity contribution in [3.05, 3.63) is 28.2 Å². The van der Waals surface area contributed by atoms with Gasteiger partial charge < -0.3 is 10.4 Å². The summed E-state index contributed by atoms with van der Waals surface area (Å²) in [7, 11) is 0. The molecule has 1 aromatic rings. The number of aromatic carboxylic acids is 1. The Morgan fingerprint density at radius 3 is 2.94 bits per heavy atom. The number of halogens is 1. The lowest BCUT2D eigenvalue weighted by Gasteiger charge is -2.14. The molecule has 0 aliphatic carbocycles. The van der Waals surface area contributed by atoms with Crippen LogP contribution in [0.5, 0.6) is 0 Å². The quantitative estimate of drug-likeness (QED) is 0.835. The van der Waals surface area contributed by atoms with E-state index in [1.807, 2.05) is 6.92 Å². The molecule has 1 atom stereocenters. The van der Waals surface area contributed by atoms with E-state index in [4.69, 9.17) is 11.5 Å². The highest BCUT2D eigenvalue weighted by Gasteiger charge is 2.11. The van der Waals surface area contributed by atoms with E-state index in [2.05, 4.69) is 27.2 Å². The zero-order valence-electron chi connectivity index (χ0n) is 8.83. The maximum Gasteiger partial charge on any atom is 0.337 e. The minimum atomic E-state index is -0.961. The fourth-order valence-electron chi connectivity index (χ4n) is 1.31. The fourth-order valence-corrected chi connectivity index (χ4v) is 1.67. The number of rotatable bonds is 4. The molecule has 0 saturated heterocycles. The van der Waals surface area contributed by atoms with E-state index in [0.29, 0.717) is 12.1 Å². The van der Waals surface area contributed by atoms with Crippen LogP contribution in [-0.2, 0) is 0 Å². The molecule has 0 aromatic heterocycles. The maximum absolute atomic E-state index is 11.0. The minimum Gasteiger partial charge on any atom is -0.478 e. The number of hydrogen-bond donors (Lipinski definition) is 2. The number of carboxylic acid groups (broad SMARTS) is 1. The van der Waals surface area contributed by atoms with E-state index in [0.717, 1.165) is 4.47 Å². The number of nitrogens with one attached hydrogen (secondary N) is 1. The van der Waals surface area contributed by atoms with E-state index < -0.39 is 5.97 Å². The van der Waals surface area contributed by atoms with Gasteiger partial charge in [0.25, 0.3) is 0 Å². The molecule has 0 amide bonds. The van der Waals surface area contributed by atoms with E-state index in [1.165, 1.54) is 0 Å². The van der Waals surface area contributed by atoms with Crippen LogP contribution in [0.2, 0.25) is 0 Å². The van der Waals surface area contributed by atoms with Gasteiger partial charge in [0.15, 0.2) is 0 Å². The first-order valence-electron chi connectivity index (χ1n) is 4.77. The van der Waals surface area contributed by atoms with E-state index in [1.54, 1.807) is 18.2 Å². The monoisotopic (exact) mass is 281 g/mol. The third-order valence-electron chi connectivity index (χ3n) is 2.04. The number of anilines is 1. The van der Waals surface area contributed by atoms with Crippen molar-refractivity contribution < 1.29 is 9.90 Å². The third kappa shape index (κ3) is 3.28. The van der Waals surface area contributed by atoms with E-state index >= 15 is 0 Å². The molecule has 1 unspecified atom stereocenters. The van der Waals surface area contributed by atoms with Gasteiger partial charge in [-0.1, -0.05) is 15.9 Å². The van der Waals surface area contributed by atoms with Crippen molar-refractivity contribution in [1.29, 1.82) is 0 Å². The van der Waals surface area contributed by atoms with E-state index in [-0.39, 0.29) is 11.6 Å². The first kappa shape index (κ1) is 12.6. The maximum atomic E-state index is 11.0. The number of carboxylic acids is 1. The van der Waals surface area contributed by atoms with Crippen molar-refractivity contribution >= 4 is 27.6 Å². The largest absolute Gasteiger partial charge is 0.478 e. The van der Waals surface area contributed by atoms with Crippen LogP contribution in [0.15, 0.2) is 22.7 Å². The first-order chi connectivity index (χ1) is 7.54. The first-order valence-corrected chi connectivity index (χ1v) is 5.56. The molecule has 0 heterocycles. The standard InChI is InChI=1S/C12H12BrNO2/c1-3-4-8(2)14-11-6-5-9(13)7-10(11)12(15)16/h1,5-8,14H,4H2,2H3,(H,15,16). The molecule has 0 aliphatic heterocycles. The van der Waals surface area contributed by atoms with E-state index in [9.17, 15) is 4.79 Å². The molecule has 0 aliphatic rings. The number of terminal acetylenes is 1. The molecule has 0 bridgehead atoms. The zero-order valence-corrected chi connectivity index (χ0v) is 10.4. The van der Waals surface area contributed by atoms with Gasteiger partial charge in [-0.3, -0.25) is 0 Å². The second-order valence-electron chi connectivity index (χ2n) is 3.45. The van der Waals surface area contributed by atoms with Crippen molar-refractivity contribution in [2.24, 2.45) is 0 Å². The third-order valence-corrected chi connectivity index (χ3v) is 2.53. The Hall–Kier alpha value is -1.47. The summed E-state index contributed by atoms with van der Waals surface area (Å²) in [4.78, 5) is 11.0. The summed E-state index contributed by atoms with van der Waals surface area (Å²) in [5, 5.41) is 12.1. The molecule has 0 saturated carbocycles. The molecule has 3 nitrogen and oxygen atoms in total. The van der Waals surface area contributed by atoms with Crippen molar-refractivity contribution in [3.8, 4) is 12.3 Å². The fraction of sp³-hybridized carbons (Fsp3) is 0.250. The molecule has 0 radical (unpaired) electrons. The average molecular weight is 282 g/mol. The molecule has 4 heteroatoms.